The fraction of sp³-hybridized carbons (Fsp3) is 0.632. The van der Waals surface area contributed by atoms with Crippen molar-refractivity contribution < 1.29 is 9.31 Å². The molecule has 2 saturated carbocycles. The van der Waals surface area contributed by atoms with Crippen LogP contribution in [0.2, 0.25) is 5.82 Å². The molecule has 1 unspecified atom stereocenters. The molecule has 120 valence electrons. The van der Waals surface area contributed by atoms with Crippen molar-refractivity contribution in [3.63, 3.8) is 0 Å². The van der Waals surface area contributed by atoms with Gasteiger partial charge in [0, 0.05) is 5.82 Å². The zero-order chi connectivity index (χ0) is 16.4. The first-order chi connectivity index (χ1) is 10.8. The third kappa shape index (κ3) is 2.51. The van der Waals surface area contributed by atoms with E-state index in [4.69, 9.17) is 9.31 Å². The van der Waals surface area contributed by atoms with Crippen LogP contribution in [0.5, 0.6) is 0 Å². The molecule has 0 bridgehead atoms. The summed E-state index contributed by atoms with van der Waals surface area (Å²) in [7, 11) is -0.106. The van der Waals surface area contributed by atoms with E-state index in [1.54, 1.807) is 0 Å². The molecule has 3 nitrogen and oxygen atoms in total. The maximum atomic E-state index is 9.29. The monoisotopic (exact) mass is 309 g/mol. The van der Waals surface area contributed by atoms with E-state index in [1.165, 1.54) is 24.0 Å². The number of rotatable bonds is 3. The van der Waals surface area contributed by atoms with Crippen molar-refractivity contribution in [1.29, 1.82) is 5.26 Å². The van der Waals surface area contributed by atoms with Gasteiger partial charge in [-0.3, -0.25) is 0 Å². The number of hydrogen-bond acceptors (Lipinski definition) is 3. The normalized spacial score (nSPS) is 31.0. The first-order valence-electron chi connectivity index (χ1n) is 8.72. The van der Waals surface area contributed by atoms with Gasteiger partial charge >= 0.3 is 7.12 Å². The Hall–Kier alpha value is -1.31. The second kappa shape index (κ2) is 4.85. The third-order valence-electron chi connectivity index (χ3n) is 6.10. The predicted octanol–water partition coefficient (Wildman–Crippen LogP) is 4.39. The molecule has 1 aromatic rings. The highest BCUT2D eigenvalue weighted by atomic mass is 16.7. The predicted molar refractivity (Wildman–Crippen MR) is 90.3 cm³/mol. The van der Waals surface area contributed by atoms with Gasteiger partial charge in [0.05, 0.1) is 22.8 Å². The molecule has 0 radical (unpaired) electrons. The Bertz CT molecular complexity index is 671. The molecule has 1 aromatic carbocycles. The minimum absolute atomic E-state index is 0.106. The second-order valence-electron chi connectivity index (χ2n) is 8.36. The van der Waals surface area contributed by atoms with Crippen LogP contribution in [0, 0.1) is 11.3 Å². The average molecular weight is 309 g/mol. The average Bonchev–Trinajstić information content (AvgIpc) is 3.37. The smallest absolute Gasteiger partial charge is 0.403 e. The number of nitriles is 1. The van der Waals surface area contributed by atoms with Gasteiger partial charge in [0.15, 0.2) is 0 Å². The van der Waals surface area contributed by atoms with Gasteiger partial charge in [-0.1, -0.05) is 12.1 Å². The fourth-order valence-electron chi connectivity index (χ4n) is 3.61. The van der Waals surface area contributed by atoms with Crippen molar-refractivity contribution in [3.8, 4) is 6.07 Å². The Labute approximate surface area is 139 Å². The number of benzene rings is 1. The molecular weight excluding hydrogens is 285 g/mol. The van der Waals surface area contributed by atoms with Gasteiger partial charge in [-0.25, -0.2) is 0 Å². The Morgan fingerprint density at radius 1 is 1.13 bits per heavy atom. The van der Waals surface area contributed by atoms with E-state index in [9.17, 15) is 5.26 Å². The van der Waals surface area contributed by atoms with E-state index in [1.807, 2.05) is 6.07 Å². The van der Waals surface area contributed by atoms with Crippen molar-refractivity contribution in [2.45, 2.75) is 75.8 Å². The number of hydrogen-bond donors (Lipinski definition) is 0. The molecule has 3 aliphatic rings. The molecule has 1 aliphatic heterocycles. The van der Waals surface area contributed by atoms with E-state index >= 15 is 0 Å². The van der Waals surface area contributed by atoms with Crippen LogP contribution >= 0.6 is 0 Å². The van der Waals surface area contributed by atoms with E-state index in [-0.39, 0.29) is 18.3 Å². The van der Waals surface area contributed by atoms with Crippen molar-refractivity contribution >= 4 is 7.12 Å². The zero-order valence-electron chi connectivity index (χ0n) is 14.4. The standard InChI is InChI=1S/C19H24BNO2/c1-18(2)19(3,4)23-20(22-18)17-10-16(17)13-7-8-14(11-21)15(9-13)12-5-6-12/h7-9,12,16-17H,5-6,10H2,1-4H3/t16-,17?/m1/s1. The summed E-state index contributed by atoms with van der Waals surface area (Å²) in [5.41, 5.74) is 2.95. The van der Waals surface area contributed by atoms with E-state index in [2.05, 4.69) is 45.9 Å². The van der Waals surface area contributed by atoms with Gasteiger partial charge in [0.2, 0.25) is 0 Å². The van der Waals surface area contributed by atoms with Crippen LogP contribution in [0.25, 0.3) is 0 Å². The quantitative estimate of drug-likeness (QED) is 0.778. The summed E-state index contributed by atoms with van der Waals surface area (Å²) in [5.74, 6) is 1.56. The minimum Gasteiger partial charge on any atom is -0.403 e. The molecule has 4 heteroatoms. The molecule has 0 aromatic heterocycles. The van der Waals surface area contributed by atoms with Crippen LogP contribution in [-0.4, -0.2) is 18.3 Å². The molecule has 2 atom stereocenters. The molecule has 0 spiro atoms. The van der Waals surface area contributed by atoms with Gasteiger partial charge < -0.3 is 9.31 Å². The maximum absolute atomic E-state index is 9.29. The van der Waals surface area contributed by atoms with Gasteiger partial charge in [-0.2, -0.15) is 5.26 Å². The van der Waals surface area contributed by atoms with Crippen molar-refractivity contribution in [1.82, 2.24) is 0 Å². The topological polar surface area (TPSA) is 42.2 Å². The van der Waals surface area contributed by atoms with E-state index in [0.717, 1.165) is 12.0 Å². The Balaban J connectivity index is 1.52. The SMILES string of the molecule is CC1(C)OB(C2C[C@@H]2c2ccc(C#N)c(C3CC3)c2)OC1(C)C. The molecular formula is C19H24BNO2. The third-order valence-corrected chi connectivity index (χ3v) is 6.10. The van der Waals surface area contributed by atoms with Crippen molar-refractivity contribution in [2.75, 3.05) is 0 Å². The van der Waals surface area contributed by atoms with Crippen LogP contribution < -0.4 is 0 Å². The van der Waals surface area contributed by atoms with Gasteiger partial charge in [-0.15, -0.1) is 0 Å². The zero-order valence-corrected chi connectivity index (χ0v) is 14.4. The largest absolute Gasteiger partial charge is 0.461 e. The summed E-state index contributed by atoms with van der Waals surface area (Å²) >= 11 is 0. The lowest BCUT2D eigenvalue weighted by atomic mass is 9.79. The van der Waals surface area contributed by atoms with Crippen LogP contribution in [0.4, 0.5) is 0 Å². The van der Waals surface area contributed by atoms with Gasteiger partial charge in [0.1, 0.15) is 0 Å². The second-order valence-corrected chi connectivity index (χ2v) is 8.36. The number of nitrogens with zero attached hydrogens (tertiary/aromatic N) is 1. The Morgan fingerprint density at radius 3 is 2.35 bits per heavy atom. The summed E-state index contributed by atoms with van der Waals surface area (Å²) in [4.78, 5) is 0. The van der Waals surface area contributed by atoms with Crippen LogP contribution in [0.15, 0.2) is 18.2 Å². The minimum atomic E-state index is -0.255. The molecule has 1 saturated heterocycles. The molecule has 1 heterocycles. The highest BCUT2D eigenvalue weighted by Gasteiger charge is 2.59. The summed E-state index contributed by atoms with van der Waals surface area (Å²) in [6.07, 6.45) is 3.57. The molecule has 0 amide bonds. The van der Waals surface area contributed by atoms with Crippen LogP contribution in [-0.2, 0) is 9.31 Å². The lowest BCUT2D eigenvalue weighted by Crippen LogP contribution is -2.41. The summed E-state index contributed by atoms with van der Waals surface area (Å²) in [6.45, 7) is 8.43. The first kappa shape index (κ1) is 15.2. The van der Waals surface area contributed by atoms with Gasteiger partial charge in [0.25, 0.3) is 0 Å². The first-order valence-corrected chi connectivity index (χ1v) is 8.72. The lowest BCUT2D eigenvalue weighted by molar-refractivity contribution is 0.00578. The van der Waals surface area contributed by atoms with Crippen molar-refractivity contribution in [2.24, 2.45) is 0 Å². The van der Waals surface area contributed by atoms with Crippen molar-refractivity contribution in [3.05, 3.63) is 34.9 Å². The Morgan fingerprint density at radius 2 is 1.78 bits per heavy atom. The lowest BCUT2D eigenvalue weighted by Gasteiger charge is -2.32. The highest BCUT2D eigenvalue weighted by Crippen LogP contribution is 2.59. The van der Waals surface area contributed by atoms with Crippen LogP contribution in [0.3, 0.4) is 0 Å². The molecule has 2 aliphatic carbocycles. The molecule has 23 heavy (non-hydrogen) atoms. The highest BCUT2D eigenvalue weighted by molar-refractivity contribution is 6.49. The van der Waals surface area contributed by atoms with E-state index < -0.39 is 0 Å². The molecule has 3 fully saturated rings. The summed E-state index contributed by atoms with van der Waals surface area (Å²) in [6, 6.07) is 8.74. The summed E-state index contributed by atoms with van der Waals surface area (Å²) < 4.78 is 12.4. The maximum Gasteiger partial charge on any atom is 0.461 e. The van der Waals surface area contributed by atoms with Crippen LogP contribution in [0.1, 0.15) is 75.5 Å². The van der Waals surface area contributed by atoms with Gasteiger partial charge in [-0.05, 0) is 76.0 Å². The fourth-order valence-corrected chi connectivity index (χ4v) is 3.61. The van der Waals surface area contributed by atoms with E-state index in [0.29, 0.717) is 17.7 Å². The Kier molecular flexibility index (Phi) is 3.21. The molecule has 4 rings (SSSR count). The summed E-state index contributed by atoms with van der Waals surface area (Å²) in [5, 5.41) is 9.29. The molecule has 0 N–H and O–H groups in total.